The monoisotopic (exact) mass is 467 g/mol. The first-order valence-corrected chi connectivity index (χ1v) is 10.6. The van der Waals surface area contributed by atoms with Gasteiger partial charge in [-0.15, -0.1) is 0 Å². The fourth-order valence-corrected chi connectivity index (χ4v) is 3.12. The molecular formula is C24H22ClN3O5. The van der Waals surface area contributed by atoms with Gasteiger partial charge in [-0.1, -0.05) is 48.0 Å². The highest BCUT2D eigenvalue weighted by molar-refractivity contribution is 6.30. The molecule has 0 aliphatic rings. The zero-order chi connectivity index (χ0) is 23.6. The number of hydrazine groups is 1. The molecule has 0 bridgehead atoms. The number of rotatable bonds is 8. The van der Waals surface area contributed by atoms with E-state index in [1.807, 2.05) is 42.5 Å². The molecule has 0 radical (unpaired) electrons. The van der Waals surface area contributed by atoms with Crippen molar-refractivity contribution < 1.29 is 23.9 Å². The number of hydrogen-bond acceptors (Lipinski definition) is 5. The first-order valence-electron chi connectivity index (χ1n) is 10.2. The van der Waals surface area contributed by atoms with Crippen molar-refractivity contribution in [3.8, 4) is 0 Å². The van der Waals surface area contributed by atoms with E-state index in [0.717, 1.165) is 10.8 Å². The van der Waals surface area contributed by atoms with Gasteiger partial charge in [0.05, 0.1) is 0 Å². The normalized spacial score (nSPS) is 10.3. The van der Waals surface area contributed by atoms with E-state index in [2.05, 4.69) is 16.2 Å². The highest BCUT2D eigenvalue weighted by atomic mass is 35.5. The number of benzene rings is 3. The van der Waals surface area contributed by atoms with Crippen LogP contribution in [0.5, 0.6) is 0 Å². The maximum absolute atomic E-state index is 12.2. The molecule has 0 aromatic heterocycles. The maximum atomic E-state index is 12.2. The molecule has 0 atom stereocenters. The second-order valence-corrected chi connectivity index (χ2v) is 7.53. The Morgan fingerprint density at radius 1 is 0.788 bits per heavy atom. The summed E-state index contributed by atoms with van der Waals surface area (Å²) in [5, 5.41) is 5.28. The lowest BCUT2D eigenvalue weighted by Gasteiger charge is -2.09. The topological polar surface area (TPSA) is 114 Å². The third kappa shape index (κ3) is 7.33. The summed E-state index contributed by atoms with van der Waals surface area (Å²) in [5.41, 5.74) is 5.37. The lowest BCUT2D eigenvalue weighted by molar-refractivity contribution is -0.148. The summed E-state index contributed by atoms with van der Waals surface area (Å²) in [6.45, 7) is -0.554. The van der Waals surface area contributed by atoms with E-state index in [-0.39, 0.29) is 25.2 Å². The van der Waals surface area contributed by atoms with Gasteiger partial charge in [-0.25, -0.2) is 0 Å². The van der Waals surface area contributed by atoms with Crippen molar-refractivity contribution >= 4 is 51.8 Å². The van der Waals surface area contributed by atoms with E-state index in [1.165, 1.54) is 12.1 Å². The molecule has 3 amide bonds. The molecule has 0 fully saturated rings. The van der Waals surface area contributed by atoms with Gasteiger partial charge in [0.2, 0.25) is 5.91 Å². The zero-order valence-corrected chi connectivity index (χ0v) is 18.4. The third-order valence-electron chi connectivity index (χ3n) is 4.63. The molecule has 0 saturated heterocycles. The summed E-state index contributed by atoms with van der Waals surface area (Å²) in [4.78, 5) is 47.7. The Morgan fingerprint density at radius 3 is 2.30 bits per heavy atom. The predicted octanol–water partition coefficient (Wildman–Crippen LogP) is 3.61. The molecule has 8 nitrogen and oxygen atoms in total. The second kappa shape index (κ2) is 11.6. The molecular weight excluding hydrogens is 446 g/mol. The Balaban J connectivity index is 1.33. The molecule has 0 heterocycles. The van der Waals surface area contributed by atoms with Gasteiger partial charge >= 0.3 is 5.97 Å². The van der Waals surface area contributed by atoms with E-state index >= 15 is 0 Å². The van der Waals surface area contributed by atoms with Gasteiger partial charge in [0.1, 0.15) is 0 Å². The van der Waals surface area contributed by atoms with E-state index in [9.17, 15) is 19.2 Å². The minimum atomic E-state index is -0.695. The Bertz CT molecular complexity index is 1160. The van der Waals surface area contributed by atoms with Gasteiger partial charge in [0.15, 0.2) is 6.61 Å². The maximum Gasteiger partial charge on any atom is 0.306 e. The largest absolute Gasteiger partial charge is 0.455 e. The van der Waals surface area contributed by atoms with Crippen molar-refractivity contribution in [1.82, 2.24) is 10.9 Å². The van der Waals surface area contributed by atoms with E-state index < -0.39 is 24.4 Å². The van der Waals surface area contributed by atoms with Gasteiger partial charge in [0, 0.05) is 34.5 Å². The number of fused-ring (bicyclic) bond motifs is 1. The number of esters is 1. The number of ether oxygens (including phenoxy) is 1. The summed E-state index contributed by atoms with van der Waals surface area (Å²) in [7, 11) is 0. The summed E-state index contributed by atoms with van der Waals surface area (Å²) >= 11 is 5.75. The summed E-state index contributed by atoms with van der Waals surface area (Å²) in [6.07, 6.45) is 0.374. The van der Waals surface area contributed by atoms with Crippen molar-refractivity contribution in [2.75, 3.05) is 11.9 Å². The van der Waals surface area contributed by atoms with Crippen molar-refractivity contribution in [1.29, 1.82) is 0 Å². The van der Waals surface area contributed by atoms with Gasteiger partial charge in [0.25, 0.3) is 11.8 Å². The minimum Gasteiger partial charge on any atom is -0.455 e. The van der Waals surface area contributed by atoms with Gasteiger partial charge in [-0.2, -0.15) is 0 Å². The number of nitrogens with one attached hydrogen (secondary N) is 3. The van der Waals surface area contributed by atoms with Crippen LogP contribution in [0.1, 0.15) is 29.6 Å². The predicted molar refractivity (Wildman–Crippen MR) is 124 cm³/mol. The number of halogens is 1. The summed E-state index contributed by atoms with van der Waals surface area (Å²) in [5.74, 6) is -2.07. The van der Waals surface area contributed by atoms with Crippen LogP contribution in [-0.4, -0.2) is 30.3 Å². The fourth-order valence-electron chi connectivity index (χ4n) is 2.99. The van der Waals surface area contributed by atoms with Crippen molar-refractivity contribution in [2.24, 2.45) is 0 Å². The number of carbonyl (C=O) groups is 4. The number of amides is 3. The zero-order valence-electron chi connectivity index (χ0n) is 17.6. The van der Waals surface area contributed by atoms with Crippen molar-refractivity contribution in [3.63, 3.8) is 0 Å². The molecule has 3 aromatic rings. The average Bonchev–Trinajstić information content (AvgIpc) is 2.82. The molecule has 0 aliphatic carbocycles. The van der Waals surface area contributed by atoms with Crippen LogP contribution in [0.3, 0.4) is 0 Å². The van der Waals surface area contributed by atoms with E-state index in [4.69, 9.17) is 16.3 Å². The molecule has 0 saturated carbocycles. The highest BCUT2D eigenvalue weighted by Gasteiger charge is 2.11. The molecule has 170 valence electrons. The van der Waals surface area contributed by atoms with Crippen molar-refractivity contribution in [2.45, 2.75) is 19.3 Å². The third-order valence-corrected chi connectivity index (χ3v) is 4.89. The van der Waals surface area contributed by atoms with Crippen LogP contribution in [-0.2, 0) is 19.1 Å². The molecule has 3 rings (SSSR count). The van der Waals surface area contributed by atoms with Gasteiger partial charge in [-0.3, -0.25) is 30.0 Å². The number of anilines is 1. The molecule has 9 heteroatoms. The van der Waals surface area contributed by atoms with E-state index in [0.29, 0.717) is 16.3 Å². The molecule has 0 aliphatic heterocycles. The van der Waals surface area contributed by atoms with Crippen LogP contribution >= 0.6 is 11.6 Å². The van der Waals surface area contributed by atoms with Crippen LogP contribution in [0.2, 0.25) is 5.02 Å². The Hall–Kier alpha value is -3.91. The molecule has 3 N–H and O–H groups in total. The van der Waals surface area contributed by atoms with E-state index in [1.54, 1.807) is 12.1 Å². The fraction of sp³-hybridized carbons (Fsp3) is 0.167. The highest BCUT2D eigenvalue weighted by Crippen LogP contribution is 2.23. The van der Waals surface area contributed by atoms with Crippen LogP contribution in [0.15, 0.2) is 66.7 Å². The van der Waals surface area contributed by atoms with Crippen LogP contribution in [0, 0.1) is 0 Å². The number of carbonyl (C=O) groups excluding carboxylic acids is 4. The average molecular weight is 468 g/mol. The van der Waals surface area contributed by atoms with Crippen molar-refractivity contribution in [3.05, 3.63) is 77.3 Å². The molecule has 3 aromatic carbocycles. The van der Waals surface area contributed by atoms with Crippen LogP contribution in [0.25, 0.3) is 10.8 Å². The van der Waals surface area contributed by atoms with Gasteiger partial charge < -0.3 is 10.1 Å². The number of hydrogen-bond donors (Lipinski definition) is 3. The second-order valence-electron chi connectivity index (χ2n) is 7.10. The van der Waals surface area contributed by atoms with Crippen LogP contribution in [0.4, 0.5) is 5.69 Å². The SMILES string of the molecule is O=C(COC(=O)CCCC(=O)Nc1cccc2ccccc12)NNC(=O)c1ccc(Cl)cc1. The quantitative estimate of drug-likeness (QED) is 0.346. The Labute approximate surface area is 195 Å². The smallest absolute Gasteiger partial charge is 0.306 e. The van der Waals surface area contributed by atoms with Gasteiger partial charge in [-0.05, 0) is 42.1 Å². The molecule has 0 spiro atoms. The Morgan fingerprint density at radius 2 is 1.52 bits per heavy atom. The summed E-state index contributed by atoms with van der Waals surface area (Å²) < 4.78 is 4.86. The first-order chi connectivity index (χ1) is 15.9. The summed E-state index contributed by atoms with van der Waals surface area (Å²) in [6, 6.07) is 19.4. The lowest BCUT2D eigenvalue weighted by Crippen LogP contribution is -2.43. The van der Waals surface area contributed by atoms with Crippen LogP contribution < -0.4 is 16.2 Å². The lowest BCUT2D eigenvalue weighted by atomic mass is 10.1. The molecule has 0 unspecified atom stereocenters. The Kier molecular flexibility index (Phi) is 8.37. The molecule has 33 heavy (non-hydrogen) atoms. The first kappa shape index (κ1) is 23.7. The standard InChI is InChI=1S/C24H22ClN3O5/c25-18-13-11-17(12-14-18)24(32)28-27-22(30)15-33-23(31)10-4-9-21(29)26-20-8-3-6-16-5-1-2-7-19(16)20/h1-3,5-8,11-14H,4,9-10,15H2,(H,26,29)(H,27,30)(H,28,32). The minimum absolute atomic E-state index is 0.0205.